The number of carbonyl (C=O) groups excluding carboxylic acids is 2. The number of nitrogens with one attached hydrogen (secondary N) is 1. The van der Waals surface area contributed by atoms with Crippen molar-refractivity contribution in [3.05, 3.63) is 61.7 Å². The zero-order valence-corrected chi connectivity index (χ0v) is 24.2. The molecule has 2 aromatic heterocycles. The van der Waals surface area contributed by atoms with Crippen LogP contribution in [0.1, 0.15) is 98.7 Å². The third-order valence-corrected chi connectivity index (χ3v) is 8.86. The highest BCUT2D eigenvalue weighted by Crippen LogP contribution is 2.45. The number of carbonyl (C=O) groups is 2. The van der Waals surface area contributed by atoms with E-state index in [1.165, 1.54) is 13.2 Å². The third-order valence-electron chi connectivity index (χ3n) is 8.86. The summed E-state index contributed by atoms with van der Waals surface area (Å²) in [7, 11) is 1.53. The predicted octanol–water partition coefficient (Wildman–Crippen LogP) is 5.64. The number of benzene rings is 1. The Morgan fingerprint density at radius 1 is 1.30 bits per heavy atom. The molecule has 3 aromatic rings. The molecule has 212 valence electrons. The van der Waals surface area contributed by atoms with Crippen molar-refractivity contribution in [2.24, 2.45) is 5.41 Å². The Labute approximate surface area is 234 Å². The minimum absolute atomic E-state index is 0.0190. The van der Waals surface area contributed by atoms with E-state index in [2.05, 4.69) is 12.2 Å². The van der Waals surface area contributed by atoms with Crippen LogP contribution in [0.3, 0.4) is 0 Å². The van der Waals surface area contributed by atoms with Crippen molar-refractivity contribution < 1.29 is 18.7 Å². The van der Waals surface area contributed by atoms with Crippen molar-refractivity contribution in [2.45, 2.75) is 91.8 Å². The highest BCUT2D eigenvalue weighted by Gasteiger charge is 2.37. The first-order chi connectivity index (χ1) is 19.1. The molecule has 2 atom stereocenters. The number of aryl methyl sites for hydroxylation is 1. The Bertz CT molecular complexity index is 1590. The summed E-state index contributed by atoms with van der Waals surface area (Å²) in [4.78, 5) is 44.2. The molecule has 0 spiro atoms. The number of ether oxygens (including phenoxy) is 1. The fraction of sp³-hybridized carbons (Fsp3) is 0.500. The van der Waals surface area contributed by atoms with Crippen LogP contribution in [0.4, 0.5) is 4.39 Å². The van der Waals surface area contributed by atoms with E-state index in [0.29, 0.717) is 52.9 Å². The van der Waals surface area contributed by atoms with Gasteiger partial charge in [0.25, 0.3) is 5.56 Å². The van der Waals surface area contributed by atoms with Crippen LogP contribution >= 0.6 is 0 Å². The fourth-order valence-electron chi connectivity index (χ4n) is 6.61. The summed E-state index contributed by atoms with van der Waals surface area (Å²) >= 11 is 0. The maximum atomic E-state index is 15.1. The van der Waals surface area contributed by atoms with Crippen molar-refractivity contribution in [3.8, 4) is 11.4 Å². The lowest BCUT2D eigenvalue weighted by Gasteiger charge is -2.32. The fourth-order valence-corrected chi connectivity index (χ4v) is 6.61. The second-order valence-electron chi connectivity index (χ2n) is 11.8. The van der Waals surface area contributed by atoms with Crippen LogP contribution in [0.25, 0.3) is 22.3 Å². The monoisotopic (exact) mass is 547 g/mol. The van der Waals surface area contributed by atoms with Gasteiger partial charge in [-0.05, 0) is 60.9 Å². The molecule has 1 aromatic carbocycles. The van der Waals surface area contributed by atoms with Crippen LogP contribution < -0.4 is 10.9 Å². The quantitative estimate of drug-likeness (QED) is 0.274. The van der Waals surface area contributed by atoms with E-state index in [1.807, 2.05) is 26.8 Å². The van der Waals surface area contributed by atoms with Gasteiger partial charge in [0.05, 0.1) is 36.1 Å². The summed E-state index contributed by atoms with van der Waals surface area (Å²) in [5.41, 5.74) is 5.39. The van der Waals surface area contributed by atoms with Gasteiger partial charge in [-0.15, -0.1) is 0 Å². The summed E-state index contributed by atoms with van der Waals surface area (Å²) in [5, 5.41) is 4.19. The molecule has 1 amide bonds. The normalized spacial score (nSPS) is 16.5. The third kappa shape index (κ3) is 4.37. The number of methoxy groups -OCH3 is 1. The maximum absolute atomic E-state index is 15.1. The molecule has 0 fully saturated rings. The average molecular weight is 548 g/mol. The number of halogens is 1. The van der Waals surface area contributed by atoms with E-state index in [-0.39, 0.29) is 36.5 Å². The van der Waals surface area contributed by atoms with Crippen molar-refractivity contribution >= 4 is 23.1 Å². The van der Waals surface area contributed by atoms with Crippen LogP contribution in [0.15, 0.2) is 16.9 Å². The van der Waals surface area contributed by atoms with Crippen molar-refractivity contribution in [2.75, 3.05) is 7.11 Å². The molecule has 0 saturated carbocycles. The predicted molar refractivity (Wildman–Crippen MR) is 153 cm³/mol. The average Bonchev–Trinajstić information content (AvgIpc) is 3.29. The van der Waals surface area contributed by atoms with E-state index in [0.717, 1.165) is 41.2 Å². The summed E-state index contributed by atoms with van der Waals surface area (Å²) in [6.45, 7) is 10.1. The molecule has 0 bridgehead atoms. The summed E-state index contributed by atoms with van der Waals surface area (Å²) in [5.74, 6) is -0.786. The number of hydrogen-bond acceptors (Lipinski definition) is 5. The second kappa shape index (κ2) is 10.5. The number of nitrogens with zero attached hydrogens (tertiary/aromatic N) is 2. The van der Waals surface area contributed by atoms with Crippen LogP contribution in [0.5, 0.6) is 0 Å². The first-order valence-corrected chi connectivity index (χ1v) is 14.2. The minimum Gasteiger partial charge on any atom is -0.380 e. The van der Waals surface area contributed by atoms with E-state index >= 15 is 4.39 Å². The number of rotatable bonds is 9. The molecule has 5 rings (SSSR count). The summed E-state index contributed by atoms with van der Waals surface area (Å²) in [6, 6.07) is 3.05. The zero-order chi connectivity index (χ0) is 28.9. The van der Waals surface area contributed by atoms with E-state index in [9.17, 15) is 14.4 Å². The first kappa shape index (κ1) is 28.1. The van der Waals surface area contributed by atoms with E-state index in [1.54, 1.807) is 11.5 Å². The number of aromatic nitrogens is 2. The number of amides is 1. The largest absolute Gasteiger partial charge is 0.380 e. The molecule has 40 heavy (non-hydrogen) atoms. The van der Waals surface area contributed by atoms with Crippen LogP contribution in [0, 0.1) is 18.2 Å². The van der Waals surface area contributed by atoms with Gasteiger partial charge < -0.3 is 19.4 Å². The van der Waals surface area contributed by atoms with Gasteiger partial charge in [-0.3, -0.25) is 9.59 Å². The summed E-state index contributed by atoms with van der Waals surface area (Å²) in [6.07, 6.45) is 4.32. The molecule has 1 aliphatic carbocycles. The molecule has 8 heteroatoms. The molecular weight excluding hydrogens is 509 g/mol. The Morgan fingerprint density at radius 3 is 2.70 bits per heavy atom. The number of hydrogen-bond donors (Lipinski definition) is 1. The highest BCUT2D eigenvalue weighted by atomic mass is 19.1. The smallest absolute Gasteiger partial charge is 0.257 e. The van der Waals surface area contributed by atoms with Gasteiger partial charge in [-0.25, -0.2) is 9.37 Å². The van der Waals surface area contributed by atoms with Crippen LogP contribution in [-0.4, -0.2) is 28.9 Å². The van der Waals surface area contributed by atoms with Gasteiger partial charge in [0.1, 0.15) is 12.1 Å². The lowest BCUT2D eigenvalue weighted by atomic mass is 9.80. The molecule has 0 saturated heterocycles. The Hall–Kier alpha value is -3.39. The Balaban J connectivity index is 1.77. The maximum Gasteiger partial charge on any atom is 0.257 e. The molecule has 2 unspecified atom stereocenters. The molecule has 3 heterocycles. The molecular formula is C32H38FN3O4. The number of fused-ring (bicyclic) bond motifs is 4. The topological polar surface area (TPSA) is 90.3 Å². The summed E-state index contributed by atoms with van der Waals surface area (Å²) < 4.78 is 22.1. The molecule has 1 aliphatic heterocycles. The standard InChI is InChI=1S/C32H38FN3O4/c1-7-11-32(4,5)31(39)35-24-10-9-19-17(3)23(33)13-25-27(19)28(24)21-14-36-26(29(21)34-25)12-20(18(8-2)15-37)22(16-40-6)30(36)38/h12-13,15,18,24H,7-11,14,16H2,1-6H3,(H,35,39). The Morgan fingerprint density at radius 2 is 2.05 bits per heavy atom. The second-order valence-corrected chi connectivity index (χ2v) is 11.8. The van der Waals surface area contributed by atoms with Gasteiger partial charge in [-0.1, -0.05) is 34.1 Å². The minimum atomic E-state index is -0.531. The Kier molecular flexibility index (Phi) is 7.42. The van der Waals surface area contributed by atoms with E-state index < -0.39 is 11.3 Å². The van der Waals surface area contributed by atoms with Gasteiger partial charge in [0.2, 0.25) is 5.91 Å². The number of aldehydes is 1. The highest BCUT2D eigenvalue weighted by molar-refractivity contribution is 5.94. The van der Waals surface area contributed by atoms with Crippen molar-refractivity contribution in [1.82, 2.24) is 14.9 Å². The van der Waals surface area contributed by atoms with Crippen LogP contribution in [0.2, 0.25) is 0 Å². The SMILES string of the molecule is CCCC(C)(C)C(=O)NC1CCc2c(C)c(F)cc3nc4c(c1c23)Cn1c-4cc(C(C=O)CC)c(COC)c1=O. The molecule has 0 radical (unpaired) electrons. The van der Waals surface area contributed by atoms with Crippen molar-refractivity contribution in [1.29, 1.82) is 0 Å². The molecule has 1 N–H and O–H groups in total. The van der Waals surface area contributed by atoms with Crippen molar-refractivity contribution in [3.63, 3.8) is 0 Å². The van der Waals surface area contributed by atoms with Crippen LogP contribution in [-0.2, 0) is 33.9 Å². The van der Waals surface area contributed by atoms with Gasteiger partial charge in [0, 0.05) is 41.0 Å². The lowest BCUT2D eigenvalue weighted by molar-refractivity contribution is -0.130. The van der Waals surface area contributed by atoms with Gasteiger partial charge in [-0.2, -0.15) is 0 Å². The zero-order valence-electron chi connectivity index (χ0n) is 24.2. The van der Waals surface area contributed by atoms with E-state index in [4.69, 9.17) is 9.72 Å². The number of pyridine rings is 2. The molecule has 7 nitrogen and oxygen atoms in total. The van der Waals surface area contributed by atoms with Gasteiger partial charge in [0.15, 0.2) is 0 Å². The first-order valence-electron chi connectivity index (χ1n) is 14.2. The lowest BCUT2D eigenvalue weighted by Crippen LogP contribution is -2.40. The molecule has 2 aliphatic rings. The van der Waals surface area contributed by atoms with Gasteiger partial charge >= 0.3 is 0 Å².